The van der Waals surface area contributed by atoms with Crippen LogP contribution >= 0.6 is 0 Å². The monoisotopic (exact) mass is 324 g/mol. The number of hydrogen-bond donors (Lipinski definition) is 2. The number of nitrogens with zero attached hydrogens (tertiary/aromatic N) is 2. The van der Waals surface area contributed by atoms with Crippen molar-refractivity contribution in [2.45, 2.75) is 59.6 Å². The first-order chi connectivity index (χ1) is 11.0. The third-order valence-corrected chi connectivity index (χ3v) is 3.67. The molecular formula is C17H32N4O2. The molecule has 0 fully saturated rings. The molecule has 1 heterocycles. The minimum absolute atomic E-state index is 0.272. The highest BCUT2D eigenvalue weighted by molar-refractivity contribution is 5.79. The molecule has 0 bridgehead atoms. The van der Waals surface area contributed by atoms with Crippen LogP contribution in [0.3, 0.4) is 0 Å². The molecule has 6 nitrogen and oxygen atoms in total. The molecule has 0 aliphatic rings. The molecule has 0 radical (unpaired) electrons. The van der Waals surface area contributed by atoms with Gasteiger partial charge in [-0.05, 0) is 25.2 Å². The maximum atomic E-state index is 5.75. The molecule has 1 aromatic rings. The second-order valence-electron chi connectivity index (χ2n) is 6.25. The van der Waals surface area contributed by atoms with Gasteiger partial charge in [-0.2, -0.15) is 0 Å². The lowest BCUT2D eigenvalue weighted by Gasteiger charge is -2.21. The minimum atomic E-state index is 0.272. The maximum absolute atomic E-state index is 5.75. The largest absolute Gasteiger partial charge is 0.378 e. The first kappa shape index (κ1) is 19.5. The predicted octanol–water partition coefficient (Wildman–Crippen LogP) is 2.91. The van der Waals surface area contributed by atoms with Crippen LogP contribution in [0.4, 0.5) is 0 Å². The van der Waals surface area contributed by atoms with Crippen molar-refractivity contribution >= 4 is 5.96 Å². The van der Waals surface area contributed by atoms with Crippen LogP contribution in [0, 0.1) is 5.92 Å². The van der Waals surface area contributed by atoms with Gasteiger partial charge in [0.25, 0.3) is 0 Å². The number of guanidine groups is 1. The standard InChI is InChI=1S/C17H32N4O2/c1-7-22-16(13(4)5)8-9-19-17(18-6)20-11-14-10-15(12(2)3)21-23-14/h10,12-13,16H,7-9,11H2,1-6H3,(H2,18,19,20). The smallest absolute Gasteiger partial charge is 0.191 e. The summed E-state index contributed by atoms with van der Waals surface area (Å²) in [5.74, 6) is 2.45. The first-order valence-electron chi connectivity index (χ1n) is 8.49. The van der Waals surface area contributed by atoms with Gasteiger partial charge < -0.3 is 19.9 Å². The van der Waals surface area contributed by atoms with Crippen molar-refractivity contribution in [2.75, 3.05) is 20.2 Å². The number of hydrogen-bond acceptors (Lipinski definition) is 4. The number of ether oxygens (including phenoxy) is 1. The molecule has 0 saturated carbocycles. The van der Waals surface area contributed by atoms with Crippen molar-refractivity contribution in [1.29, 1.82) is 0 Å². The second-order valence-corrected chi connectivity index (χ2v) is 6.25. The van der Waals surface area contributed by atoms with Gasteiger partial charge in [0.1, 0.15) is 0 Å². The molecule has 1 aromatic heterocycles. The van der Waals surface area contributed by atoms with E-state index >= 15 is 0 Å². The van der Waals surface area contributed by atoms with Crippen molar-refractivity contribution in [3.05, 3.63) is 17.5 Å². The van der Waals surface area contributed by atoms with E-state index in [4.69, 9.17) is 9.26 Å². The fourth-order valence-electron chi connectivity index (χ4n) is 2.23. The highest BCUT2D eigenvalue weighted by Crippen LogP contribution is 2.13. The summed E-state index contributed by atoms with van der Waals surface area (Å²) < 4.78 is 11.1. The Morgan fingerprint density at radius 2 is 2.04 bits per heavy atom. The molecule has 1 unspecified atom stereocenters. The molecule has 0 aliphatic heterocycles. The van der Waals surface area contributed by atoms with Gasteiger partial charge in [-0.1, -0.05) is 32.9 Å². The molecular weight excluding hydrogens is 292 g/mol. The van der Waals surface area contributed by atoms with Crippen LogP contribution < -0.4 is 10.6 Å². The molecule has 0 saturated heterocycles. The lowest BCUT2D eigenvalue weighted by Crippen LogP contribution is -2.38. The van der Waals surface area contributed by atoms with Crippen molar-refractivity contribution < 1.29 is 9.26 Å². The highest BCUT2D eigenvalue weighted by Gasteiger charge is 2.13. The third-order valence-electron chi connectivity index (χ3n) is 3.67. The maximum Gasteiger partial charge on any atom is 0.191 e. The van der Waals surface area contributed by atoms with E-state index in [1.54, 1.807) is 7.05 Å². The zero-order valence-corrected chi connectivity index (χ0v) is 15.3. The SMILES string of the molecule is CCOC(CCNC(=NC)NCc1cc(C(C)C)no1)C(C)C. The number of aliphatic imine (C=N–C) groups is 1. The Hall–Kier alpha value is -1.56. The summed E-state index contributed by atoms with van der Waals surface area (Å²) in [5.41, 5.74) is 0.973. The molecule has 1 atom stereocenters. The van der Waals surface area contributed by atoms with Gasteiger partial charge >= 0.3 is 0 Å². The Balaban J connectivity index is 2.36. The minimum Gasteiger partial charge on any atom is -0.378 e. The van der Waals surface area contributed by atoms with E-state index in [1.165, 1.54) is 0 Å². The normalized spacial score (nSPS) is 13.7. The number of nitrogens with one attached hydrogen (secondary N) is 2. The molecule has 0 aliphatic carbocycles. The fourth-order valence-corrected chi connectivity index (χ4v) is 2.23. The van der Waals surface area contributed by atoms with Crippen LogP contribution in [0.25, 0.3) is 0 Å². The zero-order chi connectivity index (χ0) is 17.2. The van der Waals surface area contributed by atoms with E-state index in [9.17, 15) is 0 Å². The lowest BCUT2D eigenvalue weighted by atomic mass is 10.0. The fraction of sp³-hybridized carbons (Fsp3) is 0.765. The van der Waals surface area contributed by atoms with Gasteiger partial charge in [-0.3, -0.25) is 4.99 Å². The Morgan fingerprint density at radius 1 is 1.30 bits per heavy atom. The average molecular weight is 324 g/mol. The lowest BCUT2D eigenvalue weighted by molar-refractivity contribution is 0.0258. The topological polar surface area (TPSA) is 71.7 Å². The van der Waals surface area contributed by atoms with Gasteiger partial charge in [0.15, 0.2) is 11.7 Å². The summed E-state index contributed by atoms with van der Waals surface area (Å²) in [6.07, 6.45) is 1.22. The van der Waals surface area contributed by atoms with E-state index < -0.39 is 0 Å². The van der Waals surface area contributed by atoms with Crippen LogP contribution in [-0.2, 0) is 11.3 Å². The summed E-state index contributed by atoms with van der Waals surface area (Å²) in [6, 6.07) is 1.98. The van der Waals surface area contributed by atoms with Gasteiger partial charge in [-0.25, -0.2) is 0 Å². The number of aromatic nitrogens is 1. The highest BCUT2D eigenvalue weighted by atomic mass is 16.5. The molecule has 0 aromatic carbocycles. The van der Waals surface area contributed by atoms with Crippen LogP contribution in [0.15, 0.2) is 15.6 Å². The Labute approximate surface area is 140 Å². The predicted molar refractivity (Wildman–Crippen MR) is 93.7 cm³/mol. The van der Waals surface area contributed by atoms with E-state index in [2.05, 4.69) is 48.5 Å². The van der Waals surface area contributed by atoms with Gasteiger partial charge in [-0.15, -0.1) is 0 Å². The second kappa shape index (κ2) is 10.3. The third kappa shape index (κ3) is 7.03. The van der Waals surface area contributed by atoms with Crippen molar-refractivity contribution in [1.82, 2.24) is 15.8 Å². The van der Waals surface area contributed by atoms with Gasteiger partial charge in [0, 0.05) is 26.3 Å². The van der Waals surface area contributed by atoms with E-state index in [0.29, 0.717) is 18.4 Å². The molecule has 0 spiro atoms. The van der Waals surface area contributed by atoms with Crippen molar-refractivity contribution in [2.24, 2.45) is 10.9 Å². The number of rotatable bonds is 9. The summed E-state index contributed by atoms with van der Waals surface area (Å²) in [6.45, 7) is 12.7. The molecule has 23 heavy (non-hydrogen) atoms. The van der Waals surface area contributed by atoms with E-state index in [1.807, 2.05) is 13.0 Å². The summed E-state index contributed by atoms with van der Waals surface area (Å²) in [7, 11) is 1.76. The van der Waals surface area contributed by atoms with Crippen molar-refractivity contribution in [3.8, 4) is 0 Å². The van der Waals surface area contributed by atoms with Crippen LogP contribution in [0.1, 0.15) is 58.4 Å². The zero-order valence-electron chi connectivity index (χ0n) is 15.3. The molecule has 6 heteroatoms. The Morgan fingerprint density at radius 3 is 2.57 bits per heavy atom. The van der Waals surface area contributed by atoms with E-state index in [-0.39, 0.29) is 6.10 Å². The molecule has 1 rings (SSSR count). The molecule has 132 valence electrons. The van der Waals surface area contributed by atoms with Crippen molar-refractivity contribution in [3.63, 3.8) is 0 Å². The molecule has 2 N–H and O–H groups in total. The Bertz CT molecular complexity index is 469. The van der Waals surface area contributed by atoms with Crippen LogP contribution in [0.2, 0.25) is 0 Å². The first-order valence-corrected chi connectivity index (χ1v) is 8.49. The quantitative estimate of drug-likeness (QED) is 0.540. The van der Waals surface area contributed by atoms with Gasteiger partial charge in [0.2, 0.25) is 0 Å². The van der Waals surface area contributed by atoms with Crippen LogP contribution in [0.5, 0.6) is 0 Å². The average Bonchev–Trinajstić information content (AvgIpc) is 2.98. The summed E-state index contributed by atoms with van der Waals surface area (Å²) in [4.78, 5) is 4.22. The summed E-state index contributed by atoms with van der Waals surface area (Å²) >= 11 is 0. The Kier molecular flexibility index (Phi) is 8.69. The van der Waals surface area contributed by atoms with Gasteiger partial charge in [0.05, 0.1) is 18.3 Å². The molecule has 0 amide bonds. The van der Waals surface area contributed by atoms with E-state index in [0.717, 1.165) is 37.0 Å². The van der Waals surface area contributed by atoms with Crippen LogP contribution in [-0.4, -0.2) is 37.4 Å². The summed E-state index contributed by atoms with van der Waals surface area (Å²) in [5, 5.41) is 10.6.